The minimum Gasteiger partial charge on any atom is -0.478 e. The van der Waals surface area contributed by atoms with E-state index in [0.29, 0.717) is 12.2 Å². The quantitative estimate of drug-likeness (QED) is 0.909. The van der Waals surface area contributed by atoms with Crippen molar-refractivity contribution in [3.8, 4) is 0 Å². The molecule has 0 spiro atoms. The van der Waals surface area contributed by atoms with Crippen molar-refractivity contribution in [2.75, 3.05) is 0 Å². The standard InChI is InChI=1S/C15H13BrO3/c16-13-6-3-4-11(8-13)9-19-10-12-5-1-2-7-14(12)15(17)18/h1-8H,9-10H2,(H,17,18). The lowest BCUT2D eigenvalue weighted by Gasteiger charge is -2.07. The number of carboxylic acids is 1. The number of carbonyl (C=O) groups is 1. The summed E-state index contributed by atoms with van der Waals surface area (Å²) in [6.45, 7) is 0.738. The summed E-state index contributed by atoms with van der Waals surface area (Å²) in [5, 5.41) is 9.06. The second kappa shape index (κ2) is 6.50. The molecule has 2 aromatic rings. The maximum Gasteiger partial charge on any atom is 0.336 e. The molecule has 2 rings (SSSR count). The van der Waals surface area contributed by atoms with Crippen molar-refractivity contribution in [1.82, 2.24) is 0 Å². The third-order valence-corrected chi connectivity index (χ3v) is 3.16. The molecule has 0 bridgehead atoms. The first-order valence-electron chi connectivity index (χ1n) is 5.80. The van der Waals surface area contributed by atoms with Gasteiger partial charge in [0.2, 0.25) is 0 Å². The van der Waals surface area contributed by atoms with Crippen LogP contribution in [-0.2, 0) is 18.0 Å². The van der Waals surface area contributed by atoms with E-state index in [2.05, 4.69) is 15.9 Å². The summed E-state index contributed by atoms with van der Waals surface area (Å²) in [7, 11) is 0. The number of hydrogen-bond donors (Lipinski definition) is 1. The zero-order valence-electron chi connectivity index (χ0n) is 10.2. The molecule has 1 N–H and O–H groups in total. The molecule has 2 aromatic carbocycles. The number of hydrogen-bond acceptors (Lipinski definition) is 2. The highest BCUT2D eigenvalue weighted by Crippen LogP contribution is 2.14. The van der Waals surface area contributed by atoms with Crippen molar-refractivity contribution in [3.05, 3.63) is 69.7 Å². The molecule has 0 aliphatic carbocycles. The Kier molecular flexibility index (Phi) is 4.71. The van der Waals surface area contributed by atoms with Gasteiger partial charge in [-0.2, -0.15) is 0 Å². The number of rotatable bonds is 5. The van der Waals surface area contributed by atoms with Crippen molar-refractivity contribution < 1.29 is 14.6 Å². The summed E-state index contributed by atoms with van der Waals surface area (Å²) >= 11 is 3.40. The molecule has 0 radical (unpaired) electrons. The molecule has 0 aliphatic heterocycles. The normalized spacial score (nSPS) is 10.4. The van der Waals surface area contributed by atoms with Crippen molar-refractivity contribution in [3.63, 3.8) is 0 Å². The average molecular weight is 321 g/mol. The number of benzene rings is 2. The van der Waals surface area contributed by atoms with E-state index in [1.54, 1.807) is 18.2 Å². The highest BCUT2D eigenvalue weighted by molar-refractivity contribution is 9.10. The molecule has 0 fully saturated rings. The molecule has 0 saturated carbocycles. The van der Waals surface area contributed by atoms with Crippen LogP contribution in [0.25, 0.3) is 0 Å². The second-order valence-electron chi connectivity index (χ2n) is 4.09. The van der Waals surface area contributed by atoms with Crippen molar-refractivity contribution in [1.29, 1.82) is 0 Å². The van der Waals surface area contributed by atoms with Crippen LogP contribution in [0.2, 0.25) is 0 Å². The van der Waals surface area contributed by atoms with Crippen LogP contribution >= 0.6 is 15.9 Å². The monoisotopic (exact) mass is 320 g/mol. The van der Waals surface area contributed by atoms with Crippen molar-refractivity contribution >= 4 is 21.9 Å². The van der Waals surface area contributed by atoms with Crippen LogP contribution in [0.15, 0.2) is 53.0 Å². The van der Waals surface area contributed by atoms with Gasteiger partial charge in [-0.1, -0.05) is 46.3 Å². The lowest BCUT2D eigenvalue weighted by molar-refractivity contribution is 0.0684. The van der Waals surface area contributed by atoms with E-state index in [1.807, 2.05) is 30.3 Å². The molecule has 19 heavy (non-hydrogen) atoms. The average Bonchev–Trinajstić information content (AvgIpc) is 2.39. The Labute approximate surface area is 120 Å². The molecular formula is C15H13BrO3. The molecule has 0 aromatic heterocycles. The zero-order chi connectivity index (χ0) is 13.7. The number of aromatic carboxylic acids is 1. The molecule has 0 unspecified atom stereocenters. The predicted molar refractivity (Wildman–Crippen MR) is 76.0 cm³/mol. The van der Waals surface area contributed by atoms with Gasteiger partial charge in [0, 0.05) is 4.47 Å². The molecule has 0 saturated heterocycles. The second-order valence-corrected chi connectivity index (χ2v) is 5.00. The highest BCUT2D eigenvalue weighted by atomic mass is 79.9. The largest absolute Gasteiger partial charge is 0.478 e. The Morgan fingerprint density at radius 3 is 2.63 bits per heavy atom. The zero-order valence-corrected chi connectivity index (χ0v) is 11.8. The summed E-state index contributed by atoms with van der Waals surface area (Å²) < 4.78 is 6.57. The lowest BCUT2D eigenvalue weighted by atomic mass is 10.1. The molecular weight excluding hydrogens is 308 g/mol. The van der Waals surface area contributed by atoms with Gasteiger partial charge < -0.3 is 9.84 Å². The summed E-state index contributed by atoms with van der Waals surface area (Å²) in [5.41, 5.74) is 2.02. The van der Waals surface area contributed by atoms with Gasteiger partial charge in [0.15, 0.2) is 0 Å². The minimum atomic E-state index is -0.929. The highest BCUT2D eigenvalue weighted by Gasteiger charge is 2.08. The van der Waals surface area contributed by atoms with Crippen molar-refractivity contribution in [2.24, 2.45) is 0 Å². The van der Waals surface area contributed by atoms with Gasteiger partial charge in [-0.3, -0.25) is 0 Å². The first-order valence-corrected chi connectivity index (χ1v) is 6.59. The van der Waals surface area contributed by atoms with Gasteiger partial charge >= 0.3 is 5.97 Å². The summed E-state index contributed by atoms with van der Waals surface area (Å²) in [6, 6.07) is 14.7. The van der Waals surface area contributed by atoms with E-state index in [-0.39, 0.29) is 12.2 Å². The fourth-order valence-corrected chi connectivity index (χ4v) is 2.21. The van der Waals surface area contributed by atoms with Gasteiger partial charge in [-0.15, -0.1) is 0 Å². The van der Waals surface area contributed by atoms with E-state index in [9.17, 15) is 4.79 Å². The Morgan fingerprint density at radius 1 is 1.11 bits per heavy atom. The van der Waals surface area contributed by atoms with E-state index in [4.69, 9.17) is 9.84 Å². The van der Waals surface area contributed by atoms with Crippen LogP contribution in [0.4, 0.5) is 0 Å². The van der Waals surface area contributed by atoms with Crippen LogP contribution in [-0.4, -0.2) is 11.1 Å². The third kappa shape index (κ3) is 3.91. The smallest absolute Gasteiger partial charge is 0.336 e. The SMILES string of the molecule is O=C(O)c1ccccc1COCc1cccc(Br)c1. The number of ether oxygens (including phenoxy) is 1. The van der Waals surface area contributed by atoms with Gasteiger partial charge in [-0.25, -0.2) is 4.79 Å². The Hall–Kier alpha value is -1.65. The Morgan fingerprint density at radius 2 is 1.89 bits per heavy atom. The van der Waals surface area contributed by atoms with E-state index in [1.165, 1.54) is 0 Å². The van der Waals surface area contributed by atoms with Gasteiger partial charge in [-0.05, 0) is 29.3 Å². The van der Waals surface area contributed by atoms with Gasteiger partial charge in [0.1, 0.15) is 0 Å². The predicted octanol–water partition coefficient (Wildman–Crippen LogP) is 3.86. The number of halogens is 1. The van der Waals surface area contributed by atoms with Crippen LogP contribution in [0.5, 0.6) is 0 Å². The number of carboxylic acid groups (broad SMARTS) is 1. The lowest BCUT2D eigenvalue weighted by Crippen LogP contribution is -2.04. The van der Waals surface area contributed by atoms with E-state index in [0.717, 1.165) is 10.0 Å². The first kappa shape index (κ1) is 13.8. The Bertz CT molecular complexity index is 581. The van der Waals surface area contributed by atoms with Crippen LogP contribution in [0.1, 0.15) is 21.5 Å². The third-order valence-electron chi connectivity index (χ3n) is 2.66. The fourth-order valence-electron chi connectivity index (χ4n) is 1.76. The molecule has 0 amide bonds. The molecule has 3 nitrogen and oxygen atoms in total. The molecule has 0 aliphatic rings. The summed E-state index contributed by atoms with van der Waals surface area (Å²) in [4.78, 5) is 11.0. The van der Waals surface area contributed by atoms with Crippen molar-refractivity contribution in [2.45, 2.75) is 13.2 Å². The summed E-state index contributed by atoms with van der Waals surface area (Å²) in [6.07, 6.45) is 0. The van der Waals surface area contributed by atoms with Gasteiger partial charge in [0.25, 0.3) is 0 Å². The molecule has 98 valence electrons. The minimum absolute atomic E-state index is 0.287. The van der Waals surface area contributed by atoms with Gasteiger partial charge in [0.05, 0.1) is 18.8 Å². The van der Waals surface area contributed by atoms with E-state index < -0.39 is 5.97 Å². The van der Waals surface area contributed by atoms with Crippen LogP contribution < -0.4 is 0 Å². The van der Waals surface area contributed by atoms with Crippen LogP contribution in [0.3, 0.4) is 0 Å². The Balaban J connectivity index is 1.98. The van der Waals surface area contributed by atoms with Crippen LogP contribution in [0, 0.1) is 0 Å². The fraction of sp³-hybridized carbons (Fsp3) is 0.133. The summed E-state index contributed by atoms with van der Waals surface area (Å²) in [5.74, 6) is -0.929. The van der Waals surface area contributed by atoms with E-state index >= 15 is 0 Å². The maximum atomic E-state index is 11.0. The molecule has 0 heterocycles. The topological polar surface area (TPSA) is 46.5 Å². The molecule has 0 atom stereocenters. The maximum absolute atomic E-state index is 11.0. The molecule has 4 heteroatoms. The first-order chi connectivity index (χ1) is 9.16.